The Morgan fingerprint density at radius 1 is 1.20 bits per heavy atom. The van der Waals surface area contributed by atoms with Gasteiger partial charge in [0.2, 0.25) is 0 Å². The summed E-state index contributed by atoms with van der Waals surface area (Å²) in [4.78, 5) is 0. The number of methoxy groups -OCH3 is 1. The van der Waals surface area contributed by atoms with Gasteiger partial charge in [-0.2, -0.15) is 5.26 Å². The highest BCUT2D eigenvalue weighted by Crippen LogP contribution is 2.23. The minimum atomic E-state index is 0.549. The predicted octanol–water partition coefficient (Wildman–Crippen LogP) is 3.97. The van der Waals surface area contributed by atoms with Gasteiger partial charge < -0.3 is 10.1 Å². The molecule has 0 saturated carbocycles. The molecule has 1 N–H and O–H groups in total. The summed E-state index contributed by atoms with van der Waals surface area (Å²) in [6, 6.07) is 15.4. The first-order valence-electron chi connectivity index (χ1n) is 6.24. The summed E-state index contributed by atoms with van der Waals surface area (Å²) in [7, 11) is 1.68. The molecular formula is C16H15ClN2O. The highest BCUT2D eigenvalue weighted by Gasteiger charge is 2.04. The number of hydrogen-bond acceptors (Lipinski definition) is 3. The molecule has 0 aliphatic carbocycles. The first-order chi connectivity index (χ1) is 9.74. The predicted molar refractivity (Wildman–Crippen MR) is 80.6 cm³/mol. The lowest BCUT2D eigenvalue weighted by Gasteiger charge is -2.12. The fraction of sp³-hybridized carbons (Fsp3) is 0.188. The van der Waals surface area contributed by atoms with Gasteiger partial charge in [0, 0.05) is 13.7 Å². The summed E-state index contributed by atoms with van der Waals surface area (Å²) in [5.74, 6) is 0. The quantitative estimate of drug-likeness (QED) is 0.904. The van der Waals surface area contributed by atoms with Crippen molar-refractivity contribution in [2.45, 2.75) is 13.2 Å². The number of nitriles is 1. The van der Waals surface area contributed by atoms with Crippen molar-refractivity contribution in [1.82, 2.24) is 0 Å². The molecule has 102 valence electrons. The monoisotopic (exact) mass is 286 g/mol. The molecule has 0 saturated heterocycles. The standard InChI is InChI=1S/C16H15ClN2O/c1-20-11-14-5-3-2-4-13(14)10-19-16-7-6-12(9-18)8-15(16)17/h2-8,19H,10-11H2,1H3. The van der Waals surface area contributed by atoms with E-state index in [1.165, 1.54) is 0 Å². The van der Waals surface area contributed by atoms with E-state index in [2.05, 4.69) is 17.5 Å². The van der Waals surface area contributed by atoms with Crippen molar-refractivity contribution in [3.8, 4) is 6.07 Å². The van der Waals surface area contributed by atoms with Crippen molar-refractivity contribution in [1.29, 1.82) is 5.26 Å². The maximum atomic E-state index is 8.81. The van der Waals surface area contributed by atoms with Crippen molar-refractivity contribution in [2.75, 3.05) is 12.4 Å². The topological polar surface area (TPSA) is 45.0 Å². The van der Waals surface area contributed by atoms with E-state index >= 15 is 0 Å². The van der Waals surface area contributed by atoms with Gasteiger partial charge in [0.15, 0.2) is 0 Å². The molecule has 4 heteroatoms. The van der Waals surface area contributed by atoms with Crippen LogP contribution in [0.15, 0.2) is 42.5 Å². The fourth-order valence-electron chi connectivity index (χ4n) is 1.94. The van der Waals surface area contributed by atoms with Gasteiger partial charge in [0.25, 0.3) is 0 Å². The summed E-state index contributed by atoms with van der Waals surface area (Å²) >= 11 is 6.14. The van der Waals surface area contributed by atoms with Gasteiger partial charge >= 0.3 is 0 Å². The molecule has 0 aromatic heterocycles. The normalized spacial score (nSPS) is 10.1. The Morgan fingerprint density at radius 2 is 1.95 bits per heavy atom. The zero-order valence-corrected chi connectivity index (χ0v) is 11.9. The van der Waals surface area contributed by atoms with Gasteiger partial charge in [-0.15, -0.1) is 0 Å². The third-order valence-corrected chi connectivity index (χ3v) is 3.30. The van der Waals surface area contributed by atoms with Crippen molar-refractivity contribution < 1.29 is 4.74 Å². The van der Waals surface area contributed by atoms with E-state index in [4.69, 9.17) is 21.6 Å². The van der Waals surface area contributed by atoms with E-state index in [0.717, 1.165) is 16.8 Å². The number of nitrogens with zero attached hydrogens (tertiary/aromatic N) is 1. The van der Waals surface area contributed by atoms with Crippen molar-refractivity contribution in [3.05, 3.63) is 64.2 Å². The molecule has 0 fully saturated rings. The summed E-state index contributed by atoms with van der Waals surface area (Å²) in [6.07, 6.45) is 0. The van der Waals surface area contributed by atoms with E-state index in [0.29, 0.717) is 23.7 Å². The zero-order chi connectivity index (χ0) is 14.4. The van der Waals surface area contributed by atoms with Crippen LogP contribution in [0.1, 0.15) is 16.7 Å². The Bertz CT molecular complexity index is 635. The number of rotatable bonds is 5. The molecule has 0 aliphatic heterocycles. The summed E-state index contributed by atoms with van der Waals surface area (Å²) in [5.41, 5.74) is 3.68. The second kappa shape index (κ2) is 6.95. The zero-order valence-electron chi connectivity index (χ0n) is 11.2. The summed E-state index contributed by atoms with van der Waals surface area (Å²) < 4.78 is 5.18. The summed E-state index contributed by atoms with van der Waals surface area (Å²) in [6.45, 7) is 1.24. The average molecular weight is 287 g/mol. The molecule has 0 amide bonds. The van der Waals surface area contributed by atoms with Crippen LogP contribution in [0.5, 0.6) is 0 Å². The molecule has 0 heterocycles. The number of hydrogen-bond donors (Lipinski definition) is 1. The van der Waals surface area contributed by atoms with Crippen LogP contribution in [0.3, 0.4) is 0 Å². The SMILES string of the molecule is COCc1ccccc1CNc1ccc(C#N)cc1Cl. The van der Waals surface area contributed by atoms with Crippen LogP contribution in [0, 0.1) is 11.3 Å². The van der Waals surface area contributed by atoms with E-state index in [9.17, 15) is 0 Å². The maximum Gasteiger partial charge on any atom is 0.0992 e. The molecule has 0 bridgehead atoms. The molecule has 20 heavy (non-hydrogen) atoms. The van der Waals surface area contributed by atoms with Crippen LogP contribution in [0.4, 0.5) is 5.69 Å². The number of benzene rings is 2. The number of anilines is 1. The van der Waals surface area contributed by atoms with Crippen LogP contribution >= 0.6 is 11.6 Å². The molecule has 0 spiro atoms. The van der Waals surface area contributed by atoms with Crippen LogP contribution < -0.4 is 5.32 Å². The lowest BCUT2D eigenvalue weighted by atomic mass is 10.1. The van der Waals surface area contributed by atoms with Gasteiger partial charge in [-0.3, -0.25) is 0 Å². The van der Waals surface area contributed by atoms with E-state index in [-0.39, 0.29) is 0 Å². The Labute approximate surface area is 123 Å². The highest BCUT2D eigenvalue weighted by atomic mass is 35.5. The smallest absolute Gasteiger partial charge is 0.0992 e. The Kier molecular flexibility index (Phi) is 5.00. The molecule has 2 aromatic rings. The fourth-order valence-corrected chi connectivity index (χ4v) is 2.19. The van der Waals surface area contributed by atoms with Gasteiger partial charge in [-0.25, -0.2) is 0 Å². The third-order valence-electron chi connectivity index (χ3n) is 2.99. The van der Waals surface area contributed by atoms with Crippen LogP contribution in [0.25, 0.3) is 0 Å². The highest BCUT2D eigenvalue weighted by molar-refractivity contribution is 6.33. The number of halogens is 1. The van der Waals surface area contributed by atoms with Crippen molar-refractivity contribution >= 4 is 17.3 Å². The van der Waals surface area contributed by atoms with Gasteiger partial charge in [0.1, 0.15) is 0 Å². The second-order valence-electron chi connectivity index (χ2n) is 4.36. The van der Waals surface area contributed by atoms with Gasteiger partial charge in [-0.05, 0) is 29.3 Å². The maximum absolute atomic E-state index is 8.81. The lowest BCUT2D eigenvalue weighted by molar-refractivity contribution is 0.184. The van der Waals surface area contributed by atoms with E-state index < -0.39 is 0 Å². The van der Waals surface area contributed by atoms with Gasteiger partial charge in [-0.1, -0.05) is 35.9 Å². The van der Waals surface area contributed by atoms with Crippen LogP contribution in [-0.2, 0) is 17.9 Å². The molecular weight excluding hydrogens is 272 g/mol. The molecule has 2 aromatic carbocycles. The minimum absolute atomic E-state index is 0.549. The third kappa shape index (κ3) is 3.51. The summed E-state index contributed by atoms with van der Waals surface area (Å²) in [5, 5.41) is 12.6. The first kappa shape index (κ1) is 14.4. The molecule has 2 rings (SSSR count). The van der Waals surface area contributed by atoms with Crippen LogP contribution in [-0.4, -0.2) is 7.11 Å². The molecule has 0 aliphatic rings. The van der Waals surface area contributed by atoms with E-state index in [1.54, 1.807) is 19.2 Å². The Balaban J connectivity index is 2.11. The molecule has 0 atom stereocenters. The Morgan fingerprint density at radius 3 is 2.60 bits per heavy atom. The number of nitrogens with one attached hydrogen (secondary N) is 1. The Hall–Kier alpha value is -2.02. The van der Waals surface area contributed by atoms with Crippen LogP contribution in [0.2, 0.25) is 5.02 Å². The van der Waals surface area contributed by atoms with Crippen molar-refractivity contribution in [2.24, 2.45) is 0 Å². The minimum Gasteiger partial charge on any atom is -0.380 e. The van der Waals surface area contributed by atoms with Gasteiger partial charge in [0.05, 0.1) is 28.9 Å². The largest absolute Gasteiger partial charge is 0.380 e. The molecule has 0 radical (unpaired) electrons. The van der Waals surface area contributed by atoms with E-state index in [1.807, 2.05) is 24.3 Å². The molecule has 0 unspecified atom stereocenters. The first-order valence-corrected chi connectivity index (χ1v) is 6.61. The average Bonchev–Trinajstić information content (AvgIpc) is 2.47. The van der Waals surface area contributed by atoms with Crippen molar-refractivity contribution in [3.63, 3.8) is 0 Å². The lowest BCUT2D eigenvalue weighted by Crippen LogP contribution is -2.04. The second-order valence-corrected chi connectivity index (χ2v) is 4.77. The number of ether oxygens (including phenoxy) is 1. The molecule has 3 nitrogen and oxygen atoms in total.